The molecule has 0 spiro atoms. The average Bonchev–Trinajstić information content (AvgIpc) is 3.36. The fraction of sp³-hybridized carbons (Fsp3) is 0.136. The normalized spacial score (nSPS) is 10.8. The van der Waals surface area contributed by atoms with Crippen LogP contribution >= 0.6 is 0 Å². The Balaban J connectivity index is 1.39. The van der Waals surface area contributed by atoms with Crippen molar-refractivity contribution in [3.05, 3.63) is 89.6 Å². The van der Waals surface area contributed by atoms with Crippen molar-refractivity contribution in [2.45, 2.75) is 20.5 Å². The number of oxazole rings is 1. The Bertz CT molecular complexity index is 1090. The summed E-state index contributed by atoms with van der Waals surface area (Å²) in [7, 11) is 0. The summed E-state index contributed by atoms with van der Waals surface area (Å²) in [5.41, 5.74) is 4.98. The molecule has 0 aliphatic heterocycles. The van der Waals surface area contributed by atoms with Crippen molar-refractivity contribution in [3.8, 4) is 17.1 Å². The molecule has 4 aromatic rings. The molecule has 140 valence electrons. The van der Waals surface area contributed by atoms with Crippen LogP contribution in [0.2, 0.25) is 0 Å². The molecule has 2 heterocycles. The van der Waals surface area contributed by atoms with E-state index in [9.17, 15) is 4.79 Å². The molecule has 2 aromatic carbocycles. The maximum absolute atomic E-state index is 12.3. The van der Waals surface area contributed by atoms with Crippen molar-refractivity contribution < 1.29 is 13.9 Å². The highest BCUT2D eigenvalue weighted by molar-refractivity contribution is 5.89. The maximum atomic E-state index is 12.3. The molecule has 2 aromatic heterocycles. The minimum Gasteiger partial charge on any atom is -0.455 e. The van der Waals surface area contributed by atoms with Gasteiger partial charge in [0.15, 0.2) is 0 Å². The molecule has 0 atom stereocenters. The van der Waals surface area contributed by atoms with Crippen molar-refractivity contribution in [1.82, 2.24) is 14.8 Å². The number of carbonyl (C=O) groups excluding carboxylic acids is 1. The number of aromatic nitrogens is 3. The number of benzene rings is 2. The van der Waals surface area contributed by atoms with Gasteiger partial charge in [0.05, 0.1) is 11.3 Å². The van der Waals surface area contributed by atoms with E-state index >= 15 is 0 Å². The second kappa shape index (κ2) is 7.52. The molecule has 0 radical (unpaired) electrons. The van der Waals surface area contributed by atoms with Gasteiger partial charge in [0, 0.05) is 17.5 Å². The van der Waals surface area contributed by atoms with E-state index in [1.54, 1.807) is 23.0 Å². The monoisotopic (exact) mass is 373 g/mol. The number of nitrogens with zero attached hydrogens (tertiary/aromatic N) is 3. The van der Waals surface area contributed by atoms with Crippen molar-refractivity contribution in [2.75, 3.05) is 0 Å². The predicted octanol–water partition coefficient (Wildman–Crippen LogP) is 4.50. The second-order valence-electron chi connectivity index (χ2n) is 6.52. The minimum absolute atomic E-state index is 0.0498. The van der Waals surface area contributed by atoms with Gasteiger partial charge < -0.3 is 9.15 Å². The molecule has 6 heteroatoms. The minimum atomic E-state index is -0.413. The smallest absolute Gasteiger partial charge is 0.338 e. The Hall–Kier alpha value is -3.67. The third-order valence-electron chi connectivity index (χ3n) is 4.38. The summed E-state index contributed by atoms with van der Waals surface area (Å²) in [6, 6.07) is 16.9. The first-order valence-electron chi connectivity index (χ1n) is 8.90. The summed E-state index contributed by atoms with van der Waals surface area (Å²) in [6.07, 6.45) is 3.24. The van der Waals surface area contributed by atoms with Crippen LogP contribution in [0.3, 0.4) is 0 Å². The number of esters is 1. The predicted molar refractivity (Wildman–Crippen MR) is 104 cm³/mol. The van der Waals surface area contributed by atoms with Crippen LogP contribution in [-0.2, 0) is 11.3 Å². The number of hydrogen-bond acceptors (Lipinski definition) is 5. The molecule has 0 amide bonds. The van der Waals surface area contributed by atoms with E-state index in [2.05, 4.69) is 10.1 Å². The molecule has 0 saturated heterocycles. The standard InChI is InChI=1S/C22H19N3O3/c1-15-3-5-17(6-4-15)21-24-19(13-27-21)14-28-22(26)18-7-9-20(10-8-18)25-16(2)11-12-23-25/h3-13H,14H2,1-2H3. The lowest BCUT2D eigenvalue weighted by molar-refractivity contribution is 0.0468. The first-order chi connectivity index (χ1) is 13.6. The number of carbonyl (C=O) groups is 1. The molecule has 0 aliphatic carbocycles. The van der Waals surface area contributed by atoms with E-state index in [0.29, 0.717) is 17.1 Å². The summed E-state index contributed by atoms with van der Waals surface area (Å²) < 4.78 is 12.6. The fourth-order valence-corrected chi connectivity index (χ4v) is 2.80. The van der Waals surface area contributed by atoms with Gasteiger partial charge in [-0.25, -0.2) is 14.5 Å². The molecule has 6 nitrogen and oxygen atoms in total. The highest BCUT2D eigenvalue weighted by atomic mass is 16.5. The Morgan fingerprint density at radius 1 is 1.04 bits per heavy atom. The van der Waals surface area contributed by atoms with Crippen LogP contribution in [-0.4, -0.2) is 20.7 Å². The topological polar surface area (TPSA) is 70.2 Å². The van der Waals surface area contributed by atoms with Gasteiger partial charge in [-0.05, 0) is 56.3 Å². The molecule has 0 fully saturated rings. The van der Waals surface area contributed by atoms with Crippen molar-refractivity contribution in [3.63, 3.8) is 0 Å². The lowest BCUT2D eigenvalue weighted by atomic mass is 10.1. The summed E-state index contributed by atoms with van der Waals surface area (Å²) >= 11 is 0. The average molecular weight is 373 g/mol. The summed E-state index contributed by atoms with van der Waals surface area (Å²) in [5.74, 6) is 0.0913. The third-order valence-corrected chi connectivity index (χ3v) is 4.38. The van der Waals surface area contributed by atoms with Gasteiger partial charge in [-0.3, -0.25) is 0 Å². The Morgan fingerprint density at radius 3 is 2.46 bits per heavy atom. The Labute approximate surface area is 162 Å². The van der Waals surface area contributed by atoms with Gasteiger partial charge >= 0.3 is 5.97 Å². The van der Waals surface area contributed by atoms with Crippen LogP contribution in [0.25, 0.3) is 17.1 Å². The zero-order valence-corrected chi connectivity index (χ0v) is 15.6. The summed E-state index contributed by atoms with van der Waals surface area (Å²) in [4.78, 5) is 16.7. The molecular weight excluding hydrogens is 354 g/mol. The van der Waals surface area contributed by atoms with Crippen LogP contribution in [0.4, 0.5) is 0 Å². The van der Waals surface area contributed by atoms with E-state index in [-0.39, 0.29) is 6.61 Å². The van der Waals surface area contributed by atoms with Gasteiger partial charge in [0.25, 0.3) is 0 Å². The van der Waals surface area contributed by atoms with Crippen LogP contribution in [0.15, 0.2) is 71.5 Å². The van der Waals surface area contributed by atoms with E-state index in [1.165, 1.54) is 6.26 Å². The van der Waals surface area contributed by atoms with Crippen molar-refractivity contribution >= 4 is 5.97 Å². The summed E-state index contributed by atoms with van der Waals surface area (Å²) in [6.45, 7) is 4.04. The number of rotatable bonds is 5. The fourth-order valence-electron chi connectivity index (χ4n) is 2.80. The van der Waals surface area contributed by atoms with E-state index < -0.39 is 5.97 Å². The molecule has 28 heavy (non-hydrogen) atoms. The maximum Gasteiger partial charge on any atom is 0.338 e. The van der Waals surface area contributed by atoms with E-state index in [0.717, 1.165) is 22.5 Å². The number of hydrogen-bond donors (Lipinski definition) is 0. The molecule has 0 bridgehead atoms. The second-order valence-corrected chi connectivity index (χ2v) is 6.52. The van der Waals surface area contributed by atoms with E-state index in [4.69, 9.17) is 9.15 Å². The van der Waals surface area contributed by atoms with Gasteiger partial charge in [-0.2, -0.15) is 5.10 Å². The van der Waals surface area contributed by atoms with Crippen molar-refractivity contribution in [2.24, 2.45) is 0 Å². The SMILES string of the molecule is Cc1ccc(-c2nc(COC(=O)c3ccc(-n4nccc4C)cc3)co2)cc1. The van der Waals surface area contributed by atoms with Gasteiger partial charge in [0.2, 0.25) is 5.89 Å². The first kappa shape index (κ1) is 17.7. The summed E-state index contributed by atoms with van der Waals surface area (Å²) in [5, 5.41) is 4.25. The molecule has 0 saturated carbocycles. The van der Waals surface area contributed by atoms with Gasteiger partial charge in [-0.15, -0.1) is 0 Å². The van der Waals surface area contributed by atoms with Gasteiger partial charge in [-0.1, -0.05) is 17.7 Å². The van der Waals surface area contributed by atoms with E-state index in [1.807, 2.05) is 56.3 Å². The molecule has 0 N–H and O–H groups in total. The Morgan fingerprint density at radius 2 is 1.79 bits per heavy atom. The molecular formula is C22H19N3O3. The Kier molecular flexibility index (Phi) is 4.76. The van der Waals surface area contributed by atoms with Crippen molar-refractivity contribution in [1.29, 1.82) is 0 Å². The molecule has 0 aliphatic rings. The highest BCUT2D eigenvalue weighted by Gasteiger charge is 2.11. The quantitative estimate of drug-likeness (QED) is 0.482. The van der Waals surface area contributed by atoms with Crippen LogP contribution < -0.4 is 0 Å². The largest absolute Gasteiger partial charge is 0.455 e. The molecule has 4 rings (SSSR count). The van der Waals surface area contributed by atoms with Gasteiger partial charge in [0.1, 0.15) is 18.6 Å². The number of ether oxygens (including phenoxy) is 1. The van der Waals surface area contributed by atoms with Crippen LogP contribution in [0.5, 0.6) is 0 Å². The highest BCUT2D eigenvalue weighted by Crippen LogP contribution is 2.20. The lowest BCUT2D eigenvalue weighted by Crippen LogP contribution is -2.06. The zero-order chi connectivity index (χ0) is 19.5. The lowest BCUT2D eigenvalue weighted by Gasteiger charge is -2.06. The van der Waals surface area contributed by atoms with Crippen LogP contribution in [0.1, 0.15) is 27.3 Å². The molecule has 0 unspecified atom stereocenters. The first-order valence-corrected chi connectivity index (χ1v) is 8.90. The number of aryl methyl sites for hydroxylation is 2. The third kappa shape index (κ3) is 3.71. The van der Waals surface area contributed by atoms with Crippen LogP contribution in [0, 0.1) is 13.8 Å². The zero-order valence-electron chi connectivity index (χ0n) is 15.6.